The Labute approximate surface area is 99.2 Å². The molecule has 0 spiro atoms. The van der Waals surface area contributed by atoms with Crippen molar-refractivity contribution >= 4 is 11.8 Å². The number of likely N-dealkylation sites (N-methyl/N-ethyl adjacent to an activating group) is 1. The number of aromatic nitrogens is 2. The third-order valence-corrected chi connectivity index (χ3v) is 2.79. The highest BCUT2D eigenvalue weighted by atomic mass is 16.5. The fourth-order valence-corrected chi connectivity index (χ4v) is 1.85. The van der Waals surface area contributed by atoms with E-state index < -0.39 is 5.97 Å². The van der Waals surface area contributed by atoms with Gasteiger partial charge in [0.2, 0.25) is 0 Å². The molecule has 6 nitrogen and oxygen atoms in total. The highest BCUT2D eigenvalue weighted by molar-refractivity contribution is 5.72. The molecule has 2 rings (SSSR count). The molecule has 17 heavy (non-hydrogen) atoms. The van der Waals surface area contributed by atoms with Crippen LogP contribution in [0.5, 0.6) is 0 Å². The first-order valence-corrected chi connectivity index (χ1v) is 5.49. The molecule has 2 heterocycles. The van der Waals surface area contributed by atoms with Crippen LogP contribution in [0.3, 0.4) is 0 Å². The fraction of sp³-hybridized carbons (Fsp3) is 0.545. The third-order valence-electron chi connectivity index (χ3n) is 2.79. The smallest absolute Gasteiger partial charge is 0.323 e. The van der Waals surface area contributed by atoms with Gasteiger partial charge < -0.3 is 14.7 Å². The lowest BCUT2D eigenvalue weighted by Crippen LogP contribution is -2.26. The van der Waals surface area contributed by atoms with E-state index in [-0.39, 0.29) is 6.54 Å². The van der Waals surface area contributed by atoms with Crippen LogP contribution in [-0.2, 0) is 9.53 Å². The van der Waals surface area contributed by atoms with Gasteiger partial charge in [0.25, 0.3) is 0 Å². The number of anilines is 1. The molecule has 6 heteroatoms. The summed E-state index contributed by atoms with van der Waals surface area (Å²) in [5.41, 5.74) is 0.921. The van der Waals surface area contributed by atoms with Gasteiger partial charge in [-0.1, -0.05) is 0 Å². The third kappa shape index (κ3) is 2.91. The van der Waals surface area contributed by atoms with Crippen molar-refractivity contribution in [1.29, 1.82) is 0 Å². The molecular formula is C11H15N3O3. The quantitative estimate of drug-likeness (QED) is 0.822. The maximum atomic E-state index is 10.6. The van der Waals surface area contributed by atoms with Crippen LogP contribution in [0.25, 0.3) is 0 Å². The summed E-state index contributed by atoms with van der Waals surface area (Å²) in [6.45, 7) is 1.37. The molecule has 1 aromatic rings. The molecule has 0 radical (unpaired) electrons. The Balaban J connectivity index is 2.12. The van der Waals surface area contributed by atoms with Gasteiger partial charge in [-0.25, -0.2) is 9.97 Å². The summed E-state index contributed by atoms with van der Waals surface area (Å²) in [7, 11) is 1.70. The van der Waals surface area contributed by atoms with Crippen molar-refractivity contribution < 1.29 is 14.6 Å². The molecule has 0 aromatic carbocycles. The molecule has 1 N–H and O–H groups in total. The van der Waals surface area contributed by atoms with Crippen LogP contribution < -0.4 is 4.90 Å². The van der Waals surface area contributed by atoms with Gasteiger partial charge in [-0.2, -0.15) is 0 Å². The highest BCUT2D eigenvalue weighted by Crippen LogP contribution is 2.24. The first-order valence-electron chi connectivity index (χ1n) is 5.49. The summed E-state index contributed by atoms with van der Waals surface area (Å²) in [4.78, 5) is 20.5. The standard InChI is InChI=1S/C11H15N3O3/c1-14(5-11(15)16)10-4-9(12-7-13-10)8-2-3-17-6-8/h4,7-8H,2-3,5-6H2,1H3,(H,15,16)/t8-/m1/s1. The summed E-state index contributed by atoms with van der Waals surface area (Å²) in [5.74, 6) is 0.0520. The van der Waals surface area contributed by atoms with Gasteiger partial charge in [0, 0.05) is 25.6 Å². The van der Waals surface area contributed by atoms with Crippen LogP contribution in [0.4, 0.5) is 5.82 Å². The van der Waals surface area contributed by atoms with Gasteiger partial charge in [-0.15, -0.1) is 0 Å². The molecule has 1 aliphatic heterocycles. The van der Waals surface area contributed by atoms with E-state index in [4.69, 9.17) is 9.84 Å². The van der Waals surface area contributed by atoms with E-state index in [0.29, 0.717) is 18.3 Å². The minimum Gasteiger partial charge on any atom is -0.480 e. The van der Waals surface area contributed by atoms with E-state index in [1.54, 1.807) is 11.9 Å². The zero-order valence-electron chi connectivity index (χ0n) is 9.67. The Hall–Kier alpha value is -1.69. The van der Waals surface area contributed by atoms with Crippen molar-refractivity contribution in [3.63, 3.8) is 0 Å². The van der Waals surface area contributed by atoms with Crippen molar-refractivity contribution in [2.24, 2.45) is 0 Å². The van der Waals surface area contributed by atoms with Crippen LogP contribution in [0.15, 0.2) is 12.4 Å². The Morgan fingerprint density at radius 3 is 3.12 bits per heavy atom. The van der Waals surface area contributed by atoms with Gasteiger partial charge in [0.05, 0.1) is 12.3 Å². The summed E-state index contributed by atoms with van der Waals surface area (Å²) in [6.07, 6.45) is 2.43. The van der Waals surface area contributed by atoms with E-state index >= 15 is 0 Å². The molecule has 0 saturated carbocycles. The molecule has 1 saturated heterocycles. The maximum absolute atomic E-state index is 10.6. The zero-order valence-corrected chi connectivity index (χ0v) is 9.67. The molecule has 0 unspecified atom stereocenters. The number of nitrogens with zero attached hydrogens (tertiary/aromatic N) is 3. The minimum atomic E-state index is -0.878. The summed E-state index contributed by atoms with van der Waals surface area (Å²) in [5, 5.41) is 8.72. The predicted molar refractivity (Wildman–Crippen MR) is 61.1 cm³/mol. The number of aliphatic carboxylic acids is 1. The largest absolute Gasteiger partial charge is 0.480 e. The molecule has 1 aliphatic rings. The summed E-state index contributed by atoms with van der Waals surface area (Å²) in [6, 6.07) is 1.84. The molecule has 0 aliphatic carbocycles. The summed E-state index contributed by atoms with van der Waals surface area (Å²) >= 11 is 0. The number of ether oxygens (including phenoxy) is 1. The van der Waals surface area contributed by atoms with Gasteiger partial charge >= 0.3 is 5.97 Å². The maximum Gasteiger partial charge on any atom is 0.323 e. The second-order valence-corrected chi connectivity index (χ2v) is 4.11. The molecular weight excluding hydrogens is 222 g/mol. The average molecular weight is 237 g/mol. The molecule has 1 aromatic heterocycles. The Kier molecular flexibility index (Phi) is 3.53. The number of rotatable bonds is 4. The molecule has 1 atom stereocenters. The van der Waals surface area contributed by atoms with Crippen molar-refractivity contribution in [3.8, 4) is 0 Å². The van der Waals surface area contributed by atoms with Crippen molar-refractivity contribution in [1.82, 2.24) is 9.97 Å². The SMILES string of the molecule is CN(CC(=O)O)c1cc([C@@H]2CCOC2)ncn1. The van der Waals surface area contributed by atoms with E-state index in [0.717, 1.165) is 18.7 Å². The fourth-order valence-electron chi connectivity index (χ4n) is 1.85. The van der Waals surface area contributed by atoms with Gasteiger partial charge in [-0.3, -0.25) is 4.79 Å². The Morgan fingerprint density at radius 2 is 2.47 bits per heavy atom. The molecule has 92 valence electrons. The van der Waals surface area contributed by atoms with Crippen LogP contribution in [-0.4, -0.2) is 47.8 Å². The predicted octanol–water partition coefficient (Wildman–Crippen LogP) is 0.501. The molecule has 0 amide bonds. The Morgan fingerprint density at radius 1 is 1.65 bits per heavy atom. The average Bonchev–Trinajstić information content (AvgIpc) is 2.82. The normalized spacial score (nSPS) is 19.2. The van der Waals surface area contributed by atoms with E-state index in [1.165, 1.54) is 6.33 Å². The second kappa shape index (κ2) is 5.09. The number of carbonyl (C=O) groups is 1. The molecule has 1 fully saturated rings. The van der Waals surface area contributed by atoms with Gasteiger partial charge in [0.15, 0.2) is 0 Å². The Bertz CT molecular complexity index is 405. The van der Waals surface area contributed by atoms with E-state index in [1.807, 2.05) is 6.07 Å². The van der Waals surface area contributed by atoms with Crippen LogP contribution in [0.1, 0.15) is 18.0 Å². The van der Waals surface area contributed by atoms with Crippen LogP contribution in [0.2, 0.25) is 0 Å². The minimum absolute atomic E-state index is 0.0718. The van der Waals surface area contributed by atoms with E-state index in [2.05, 4.69) is 9.97 Å². The van der Waals surface area contributed by atoms with Gasteiger partial charge in [-0.05, 0) is 6.42 Å². The number of hydrogen-bond donors (Lipinski definition) is 1. The monoisotopic (exact) mass is 237 g/mol. The lowest BCUT2D eigenvalue weighted by Gasteiger charge is -2.16. The molecule has 0 bridgehead atoms. The van der Waals surface area contributed by atoms with Crippen LogP contribution >= 0.6 is 0 Å². The zero-order chi connectivity index (χ0) is 12.3. The number of carboxylic acids is 1. The van der Waals surface area contributed by atoms with Crippen molar-refractivity contribution in [2.75, 3.05) is 31.7 Å². The second-order valence-electron chi connectivity index (χ2n) is 4.11. The van der Waals surface area contributed by atoms with E-state index in [9.17, 15) is 4.79 Å². The van der Waals surface area contributed by atoms with Crippen LogP contribution in [0, 0.1) is 0 Å². The summed E-state index contributed by atoms with van der Waals surface area (Å²) < 4.78 is 5.31. The number of carboxylic acid groups (broad SMARTS) is 1. The van der Waals surface area contributed by atoms with Gasteiger partial charge in [0.1, 0.15) is 18.7 Å². The first kappa shape index (κ1) is 11.8. The first-order chi connectivity index (χ1) is 8.16. The highest BCUT2D eigenvalue weighted by Gasteiger charge is 2.20. The van der Waals surface area contributed by atoms with Crippen molar-refractivity contribution in [2.45, 2.75) is 12.3 Å². The van der Waals surface area contributed by atoms with Crippen molar-refractivity contribution in [3.05, 3.63) is 18.1 Å². The lowest BCUT2D eigenvalue weighted by atomic mass is 10.0. The topological polar surface area (TPSA) is 75.6 Å². The lowest BCUT2D eigenvalue weighted by molar-refractivity contribution is -0.135. The number of hydrogen-bond acceptors (Lipinski definition) is 5.